The highest BCUT2D eigenvalue weighted by atomic mass is 19.5. The summed E-state index contributed by atoms with van der Waals surface area (Å²) < 4.78 is 47.4. The molecule has 0 amide bonds. The van der Waals surface area contributed by atoms with E-state index in [1.165, 1.54) is 55.9 Å². The highest BCUT2D eigenvalue weighted by Gasteiger charge is 2.37. The molecule has 0 saturated heterocycles. The summed E-state index contributed by atoms with van der Waals surface area (Å²) in [5.74, 6) is 1.07. The molecule has 2 aromatic heterocycles. The first-order valence-corrected chi connectivity index (χ1v) is 14.1. The Morgan fingerprint density at radius 3 is 1.71 bits per heavy atom. The Bertz CT molecular complexity index is 1580. The van der Waals surface area contributed by atoms with Crippen LogP contribution in [-0.2, 0) is 38.6 Å². The van der Waals surface area contributed by atoms with Gasteiger partial charge in [0.25, 0.3) is 0 Å². The molecule has 208 valence electrons. The van der Waals surface area contributed by atoms with E-state index in [0.29, 0.717) is 0 Å². The number of benzene rings is 3. The van der Waals surface area contributed by atoms with Gasteiger partial charge in [0.2, 0.25) is 11.4 Å². The molecule has 0 fully saturated rings. The minimum atomic E-state index is -6.00. The number of fused-ring (bicyclic) bond motifs is 6. The molecule has 41 heavy (non-hydrogen) atoms. The van der Waals surface area contributed by atoms with Gasteiger partial charge in [0.1, 0.15) is 12.3 Å². The van der Waals surface area contributed by atoms with E-state index in [0.717, 1.165) is 50.8 Å². The predicted octanol–water partition coefficient (Wildman–Crippen LogP) is 8.70. The third-order valence-corrected chi connectivity index (χ3v) is 8.00. The van der Waals surface area contributed by atoms with Crippen LogP contribution >= 0.6 is 0 Å². The van der Waals surface area contributed by atoms with Crippen LogP contribution in [0.2, 0.25) is 0 Å². The molecular formula is C34H30BF4NO. The fourth-order valence-electron chi connectivity index (χ4n) is 6.46. The SMILES string of the molecule is F[B-](F)(F)F.c1ccc(-c2c3c([n+](CCCc4ccco4)c4c2CCc2ccccc2-4)-c2ccccc2CC3)cc1. The van der Waals surface area contributed by atoms with Crippen molar-refractivity contribution in [1.29, 1.82) is 0 Å². The number of halogens is 4. The summed E-state index contributed by atoms with van der Waals surface area (Å²) in [6.45, 7) is 0.975. The number of rotatable bonds is 5. The number of pyridine rings is 1. The summed E-state index contributed by atoms with van der Waals surface area (Å²) in [6, 6.07) is 33.3. The van der Waals surface area contributed by atoms with Crippen molar-refractivity contribution in [1.82, 2.24) is 0 Å². The van der Waals surface area contributed by atoms with Gasteiger partial charge in [-0.15, -0.1) is 0 Å². The molecule has 5 aromatic rings. The Labute approximate surface area is 237 Å². The van der Waals surface area contributed by atoms with Gasteiger partial charge < -0.3 is 21.7 Å². The maximum Gasteiger partial charge on any atom is 0.673 e. The molecule has 0 saturated carbocycles. The average Bonchev–Trinajstić information content (AvgIpc) is 3.49. The zero-order chi connectivity index (χ0) is 28.4. The summed E-state index contributed by atoms with van der Waals surface area (Å²) in [5, 5.41) is 0. The fraction of sp³-hybridized carbons (Fsp3) is 0.206. The van der Waals surface area contributed by atoms with Crippen LogP contribution in [0.15, 0.2) is 102 Å². The van der Waals surface area contributed by atoms with Crippen LogP contribution in [-0.4, -0.2) is 7.25 Å². The van der Waals surface area contributed by atoms with E-state index in [2.05, 4.69) is 89.5 Å². The van der Waals surface area contributed by atoms with Crippen molar-refractivity contribution in [3.63, 3.8) is 0 Å². The second-order valence-corrected chi connectivity index (χ2v) is 10.5. The van der Waals surface area contributed by atoms with Gasteiger partial charge in [-0.1, -0.05) is 66.7 Å². The summed E-state index contributed by atoms with van der Waals surface area (Å²) in [5.41, 5.74) is 14.5. The molecule has 7 rings (SSSR count). The van der Waals surface area contributed by atoms with Crippen molar-refractivity contribution in [2.45, 2.75) is 45.1 Å². The summed E-state index contributed by atoms with van der Waals surface area (Å²) >= 11 is 0. The van der Waals surface area contributed by atoms with E-state index in [1.54, 1.807) is 6.26 Å². The van der Waals surface area contributed by atoms with Gasteiger partial charge in [0.05, 0.1) is 6.26 Å². The molecule has 0 aliphatic heterocycles. The fourth-order valence-corrected chi connectivity index (χ4v) is 6.46. The molecule has 0 atom stereocenters. The van der Waals surface area contributed by atoms with Crippen molar-refractivity contribution < 1.29 is 26.2 Å². The van der Waals surface area contributed by atoms with Gasteiger partial charge >= 0.3 is 7.25 Å². The van der Waals surface area contributed by atoms with Gasteiger partial charge in [-0.05, 0) is 66.6 Å². The van der Waals surface area contributed by atoms with Gasteiger partial charge in [-0.2, -0.15) is 4.57 Å². The number of aromatic nitrogens is 1. The second kappa shape index (κ2) is 11.4. The molecule has 0 spiro atoms. The minimum Gasteiger partial charge on any atom is -0.469 e. The van der Waals surface area contributed by atoms with E-state index in [1.807, 2.05) is 6.07 Å². The van der Waals surface area contributed by atoms with Crippen molar-refractivity contribution in [3.05, 3.63) is 125 Å². The summed E-state index contributed by atoms with van der Waals surface area (Å²) in [4.78, 5) is 0. The maximum absolute atomic E-state index is 9.75. The summed E-state index contributed by atoms with van der Waals surface area (Å²) in [6.07, 6.45) is 8.16. The lowest BCUT2D eigenvalue weighted by Gasteiger charge is -2.28. The number of furan rings is 1. The lowest BCUT2D eigenvalue weighted by Crippen LogP contribution is -2.43. The van der Waals surface area contributed by atoms with Crippen LogP contribution in [0, 0.1) is 0 Å². The summed E-state index contributed by atoms with van der Waals surface area (Å²) in [7, 11) is -6.00. The zero-order valence-corrected chi connectivity index (χ0v) is 22.6. The molecular weight excluding hydrogens is 525 g/mol. The first kappa shape index (κ1) is 27.1. The monoisotopic (exact) mass is 555 g/mol. The molecule has 0 radical (unpaired) electrons. The largest absolute Gasteiger partial charge is 0.673 e. The van der Waals surface area contributed by atoms with Gasteiger partial charge in [-0.25, -0.2) is 0 Å². The first-order chi connectivity index (χ1) is 19.9. The molecule has 3 aromatic carbocycles. The lowest BCUT2D eigenvalue weighted by atomic mass is 9.77. The number of nitrogens with zero attached hydrogens (tertiary/aromatic N) is 1. The highest BCUT2D eigenvalue weighted by molar-refractivity contribution is 6.50. The van der Waals surface area contributed by atoms with E-state index in [4.69, 9.17) is 4.42 Å². The van der Waals surface area contributed by atoms with Gasteiger partial charge in [0, 0.05) is 40.7 Å². The molecule has 0 bridgehead atoms. The Morgan fingerprint density at radius 1 is 0.634 bits per heavy atom. The van der Waals surface area contributed by atoms with Crippen LogP contribution in [0.3, 0.4) is 0 Å². The lowest BCUT2D eigenvalue weighted by molar-refractivity contribution is -0.676. The van der Waals surface area contributed by atoms with Crippen LogP contribution in [0.25, 0.3) is 33.6 Å². The predicted molar refractivity (Wildman–Crippen MR) is 155 cm³/mol. The third kappa shape index (κ3) is 5.71. The van der Waals surface area contributed by atoms with Crippen LogP contribution in [0.5, 0.6) is 0 Å². The first-order valence-electron chi connectivity index (χ1n) is 14.1. The van der Waals surface area contributed by atoms with Gasteiger partial charge in [0.15, 0.2) is 0 Å². The number of aryl methyl sites for hydroxylation is 3. The quantitative estimate of drug-likeness (QED) is 0.120. The van der Waals surface area contributed by atoms with Crippen LogP contribution in [0.1, 0.15) is 34.4 Å². The van der Waals surface area contributed by atoms with E-state index in [9.17, 15) is 17.3 Å². The van der Waals surface area contributed by atoms with Gasteiger partial charge in [-0.3, -0.25) is 0 Å². The zero-order valence-electron chi connectivity index (χ0n) is 22.6. The van der Waals surface area contributed by atoms with Crippen molar-refractivity contribution in [3.8, 4) is 33.6 Å². The standard InChI is InChI=1S/C34H30NO.BF4/c1-2-12-26(13-3-1)32-30-20-18-24-10-4-6-16-28(24)33(30)35(22-8-14-27-15-9-23-36-27)34-29-17-7-5-11-25(29)19-21-31(32)34;2-1(3,4)5/h1-7,9-13,15-17,23H,8,14,18-22H2;/q+1;-1. The van der Waals surface area contributed by atoms with E-state index < -0.39 is 7.25 Å². The van der Waals surface area contributed by atoms with Crippen molar-refractivity contribution in [2.75, 3.05) is 0 Å². The minimum absolute atomic E-state index is 0.952. The Balaban J connectivity index is 0.000000559. The third-order valence-electron chi connectivity index (χ3n) is 8.00. The normalized spacial score (nSPS) is 13.3. The second-order valence-electron chi connectivity index (χ2n) is 10.5. The Hall–Kier alpha value is -4.13. The molecule has 2 nitrogen and oxygen atoms in total. The Morgan fingerprint density at radius 2 is 1.17 bits per heavy atom. The van der Waals surface area contributed by atoms with Crippen LogP contribution in [0.4, 0.5) is 17.3 Å². The van der Waals surface area contributed by atoms with Crippen molar-refractivity contribution >= 4 is 7.25 Å². The molecule has 2 heterocycles. The smallest absolute Gasteiger partial charge is 0.469 e. The molecule has 2 aliphatic rings. The van der Waals surface area contributed by atoms with Crippen molar-refractivity contribution in [2.24, 2.45) is 0 Å². The Kier molecular flexibility index (Phi) is 7.52. The maximum atomic E-state index is 9.75. The average molecular weight is 555 g/mol. The topological polar surface area (TPSA) is 17.0 Å². The number of hydrogen-bond acceptors (Lipinski definition) is 1. The van der Waals surface area contributed by atoms with Crippen LogP contribution < -0.4 is 4.57 Å². The van der Waals surface area contributed by atoms with E-state index in [-0.39, 0.29) is 0 Å². The molecule has 7 heteroatoms. The molecule has 0 N–H and O–H groups in total. The highest BCUT2D eigenvalue weighted by Crippen LogP contribution is 2.44. The van der Waals surface area contributed by atoms with E-state index >= 15 is 0 Å². The molecule has 0 unspecified atom stereocenters. The number of hydrogen-bond donors (Lipinski definition) is 0. The molecule has 2 aliphatic carbocycles.